The van der Waals surface area contributed by atoms with Gasteiger partial charge < -0.3 is 45.4 Å². The average molecular weight is 786 g/mol. The Morgan fingerprint density at radius 3 is 1.58 bits per heavy atom. The molecule has 8 atom stereocenters. The van der Waals surface area contributed by atoms with Gasteiger partial charge >= 0.3 is 0 Å². The van der Waals surface area contributed by atoms with Crippen molar-refractivity contribution in [2.75, 3.05) is 13.2 Å². The van der Waals surface area contributed by atoms with Crippen molar-refractivity contribution in [1.29, 1.82) is 0 Å². The Hall–Kier alpha value is -1.11. The van der Waals surface area contributed by atoms with Crippen LogP contribution in [-0.4, -0.2) is 98.7 Å². The minimum absolute atomic E-state index is 0.303. The Kier molecular flexibility index (Phi) is 32.9. The maximum atomic E-state index is 13.0. The molecular formula is C45H87NO9. The molecule has 1 aliphatic heterocycles. The molecule has 10 heteroatoms. The summed E-state index contributed by atoms with van der Waals surface area (Å²) >= 11 is 0. The van der Waals surface area contributed by atoms with Gasteiger partial charge in [-0.1, -0.05) is 193 Å². The van der Waals surface area contributed by atoms with Crippen molar-refractivity contribution in [3.05, 3.63) is 12.2 Å². The second-order valence-corrected chi connectivity index (χ2v) is 16.8. The lowest BCUT2D eigenvalue weighted by Gasteiger charge is -2.40. The molecule has 55 heavy (non-hydrogen) atoms. The highest BCUT2D eigenvalue weighted by Gasteiger charge is 2.44. The molecule has 0 aromatic rings. The summed E-state index contributed by atoms with van der Waals surface area (Å²) in [5.74, 6) is 0.151. The first kappa shape index (κ1) is 51.9. The Morgan fingerprint density at radius 1 is 0.655 bits per heavy atom. The van der Waals surface area contributed by atoms with Crippen LogP contribution in [-0.2, 0) is 14.3 Å². The lowest BCUT2D eigenvalue weighted by molar-refractivity contribution is -0.302. The third-order valence-corrected chi connectivity index (χ3v) is 11.1. The van der Waals surface area contributed by atoms with E-state index in [0.717, 1.165) is 50.9 Å². The fraction of sp³-hybridized carbons (Fsp3) is 0.933. The van der Waals surface area contributed by atoms with Crippen molar-refractivity contribution in [3.8, 4) is 0 Å². The predicted molar refractivity (Wildman–Crippen MR) is 223 cm³/mol. The third-order valence-electron chi connectivity index (χ3n) is 11.1. The maximum absolute atomic E-state index is 13.0. The first-order valence-electron chi connectivity index (χ1n) is 22.9. The van der Waals surface area contributed by atoms with Gasteiger partial charge in [0.15, 0.2) is 6.29 Å². The van der Waals surface area contributed by atoms with Crippen molar-refractivity contribution in [2.45, 2.75) is 250 Å². The standard InChI is InChI=1S/C45H87NO9/c1-4-5-6-7-8-9-10-11-12-13-14-15-16-17-20-24-27-30-33-39(49)44(53)46-37(35-54-45-43(52)42(51)41(50)40(34-47)55-45)38(48)32-29-26-23-21-18-19-22-25-28-31-36(2)3/h29,32,36-43,45,47-52H,4-28,30-31,33-35H2,1-3H3,(H,46,53). The molecule has 1 rings (SSSR count). The van der Waals surface area contributed by atoms with Crippen LogP contribution in [0, 0.1) is 5.92 Å². The minimum Gasteiger partial charge on any atom is -0.394 e. The van der Waals surface area contributed by atoms with E-state index in [1.807, 2.05) is 6.08 Å². The largest absolute Gasteiger partial charge is 0.394 e. The van der Waals surface area contributed by atoms with Crippen LogP contribution in [0.4, 0.5) is 0 Å². The van der Waals surface area contributed by atoms with E-state index in [2.05, 4.69) is 26.1 Å². The molecule has 7 N–H and O–H groups in total. The number of carbonyl (C=O) groups is 1. The fourth-order valence-electron chi connectivity index (χ4n) is 7.35. The molecule has 1 fully saturated rings. The molecule has 0 aromatic carbocycles. The first-order valence-corrected chi connectivity index (χ1v) is 22.9. The molecule has 1 amide bonds. The predicted octanol–water partition coefficient (Wildman–Crippen LogP) is 8.16. The van der Waals surface area contributed by atoms with Crippen molar-refractivity contribution in [2.24, 2.45) is 5.92 Å². The second-order valence-electron chi connectivity index (χ2n) is 16.8. The van der Waals surface area contributed by atoms with Crippen LogP contribution >= 0.6 is 0 Å². The van der Waals surface area contributed by atoms with Crippen LogP contribution in [0.5, 0.6) is 0 Å². The van der Waals surface area contributed by atoms with E-state index in [9.17, 15) is 35.4 Å². The van der Waals surface area contributed by atoms with E-state index in [1.165, 1.54) is 128 Å². The summed E-state index contributed by atoms with van der Waals surface area (Å²) in [6.45, 7) is 5.90. The van der Waals surface area contributed by atoms with Gasteiger partial charge in [-0.3, -0.25) is 4.79 Å². The van der Waals surface area contributed by atoms with E-state index in [4.69, 9.17) is 9.47 Å². The van der Waals surface area contributed by atoms with Crippen LogP contribution in [0.15, 0.2) is 12.2 Å². The molecule has 10 nitrogen and oxygen atoms in total. The summed E-state index contributed by atoms with van der Waals surface area (Å²) in [5.41, 5.74) is 0. The topological polar surface area (TPSA) is 169 Å². The number of carbonyl (C=O) groups excluding carboxylic acids is 1. The summed E-state index contributed by atoms with van der Waals surface area (Å²) in [5, 5.41) is 64.6. The Labute approximate surface area is 336 Å². The van der Waals surface area contributed by atoms with E-state index < -0.39 is 61.5 Å². The summed E-state index contributed by atoms with van der Waals surface area (Å²) in [7, 11) is 0. The highest BCUT2D eigenvalue weighted by molar-refractivity contribution is 5.80. The number of allylic oxidation sites excluding steroid dienone is 1. The summed E-state index contributed by atoms with van der Waals surface area (Å²) in [4.78, 5) is 13.0. The molecule has 0 radical (unpaired) electrons. The zero-order valence-electron chi connectivity index (χ0n) is 35.5. The molecule has 0 saturated carbocycles. The summed E-state index contributed by atoms with van der Waals surface area (Å²) in [6, 6.07) is -0.975. The lowest BCUT2D eigenvalue weighted by Crippen LogP contribution is -2.60. The van der Waals surface area contributed by atoms with Crippen molar-refractivity contribution < 1.29 is 44.9 Å². The lowest BCUT2D eigenvalue weighted by atomic mass is 9.99. The minimum atomic E-state index is -1.61. The molecule has 1 aliphatic rings. The highest BCUT2D eigenvalue weighted by Crippen LogP contribution is 2.23. The van der Waals surface area contributed by atoms with Crippen LogP contribution in [0.1, 0.15) is 201 Å². The molecule has 1 saturated heterocycles. The van der Waals surface area contributed by atoms with Gasteiger partial charge in [0.1, 0.15) is 30.5 Å². The van der Waals surface area contributed by atoms with E-state index >= 15 is 0 Å². The number of aliphatic hydroxyl groups is 6. The molecule has 0 spiro atoms. The number of hydrogen-bond donors (Lipinski definition) is 7. The van der Waals surface area contributed by atoms with E-state index in [1.54, 1.807) is 6.08 Å². The molecule has 326 valence electrons. The van der Waals surface area contributed by atoms with Crippen molar-refractivity contribution >= 4 is 5.91 Å². The Balaban J connectivity index is 2.39. The summed E-state index contributed by atoms with van der Waals surface area (Å²) in [6.07, 6.45) is 27.4. The normalized spacial score (nSPS) is 22.0. The van der Waals surface area contributed by atoms with Gasteiger partial charge in [0.05, 0.1) is 25.4 Å². The summed E-state index contributed by atoms with van der Waals surface area (Å²) < 4.78 is 11.1. The van der Waals surface area contributed by atoms with Crippen molar-refractivity contribution in [3.63, 3.8) is 0 Å². The quantitative estimate of drug-likeness (QED) is 0.0243. The molecule has 0 bridgehead atoms. The maximum Gasteiger partial charge on any atom is 0.249 e. The monoisotopic (exact) mass is 786 g/mol. The van der Waals surface area contributed by atoms with Gasteiger partial charge in [-0.05, 0) is 25.2 Å². The van der Waals surface area contributed by atoms with Crippen molar-refractivity contribution in [1.82, 2.24) is 5.32 Å². The molecule has 0 aliphatic carbocycles. The first-order chi connectivity index (χ1) is 26.6. The smallest absolute Gasteiger partial charge is 0.249 e. The van der Waals surface area contributed by atoms with Gasteiger partial charge in [-0.15, -0.1) is 0 Å². The number of nitrogens with one attached hydrogen (secondary N) is 1. The number of aliphatic hydroxyl groups excluding tert-OH is 6. The third kappa shape index (κ3) is 26.5. The Bertz CT molecular complexity index is 904. The molecular weight excluding hydrogens is 698 g/mol. The number of unbranched alkanes of at least 4 members (excludes halogenated alkanes) is 24. The van der Waals surface area contributed by atoms with Gasteiger partial charge in [-0.25, -0.2) is 0 Å². The zero-order chi connectivity index (χ0) is 40.5. The SMILES string of the molecule is CCCCCCCCCCCCCCCCCCCCC(O)C(=O)NC(COC1OC(CO)C(O)C(O)C1O)C(O)C=CCCCCCCCCCC(C)C. The van der Waals surface area contributed by atoms with Gasteiger partial charge in [0.2, 0.25) is 5.91 Å². The van der Waals surface area contributed by atoms with Gasteiger partial charge in [-0.2, -0.15) is 0 Å². The number of hydrogen-bond acceptors (Lipinski definition) is 9. The number of rotatable bonds is 37. The van der Waals surface area contributed by atoms with Crippen LogP contribution < -0.4 is 5.32 Å². The van der Waals surface area contributed by atoms with E-state index in [0.29, 0.717) is 6.42 Å². The second kappa shape index (κ2) is 34.9. The van der Waals surface area contributed by atoms with Crippen LogP contribution in [0.25, 0.3) is 0 Å². The van der Waals surface area contributed by atoms with Crippen LogP contribution in [0.2, 0.25) is 0 Å². The van der Waals surface area contributed by atoms with Gasteiger partial charge in [0.25, 0.3) is 0 Å². The number of amides is 1. The Morgan fingerprint density at radius 2 is 1.11 bits per heavy atom. The van der Waals surface area contributed by atoms with Crippen LogP contribution in [0.3, 0.4) is 0 Å². The molecule has 8 unspecified atom stereocenters. The highest BCUT2D eigenvalue weighted by atomic mass is 16.7. The van der Waals surface area contributed by atoms with E-state index in [-0.39, 0.29) is 6.61 Å². The average Bonchev–Trinajstić information content (AvgIpc) is 3.17. The molecule has 1 heterocycles. The zero-order valence-corrected chi connectivity index (χ0v) is 35.5. The fourth-order valence-corrected chi connectivity index (χ4v) is 7.35. The van der Waals surface area contributed by atoms with Gasteiger partial charge in [0, 0.05) is 0 Å². The number of ether oxygens (including phenoxy) is 2. The molecule has 0 aromatic heterocycles.